The van der Waals surface area contributed by atoms with E-state index in [1.807, 2.05) is 6.07 Å². The Morgan fingerprint density at radius 1 is 1.27 bits per heavy atom. The monoisotopic (exact) mass is 204 g/mol. The predicted octanol–water partition coefficient (Wildman–Crippen LogP) is 1.29. The van der Waals surface area contributed by atoms with Crippen molar-refractivity contribution in [3.05, 3.63) is 36.2 Å². The highest BCUT2D eigenvalue weighted by Gasteiger charge is 2.11. The number of aryl methyl sites for hydroxylation is 1. The molecule has 2 N–H and O–H groups in total. The molecule has 1 aromatic carbocycles. The third-order valence-electron chi connectivity index (χ3n) is 2.25. The van der Waals surface area contributed by atoms with Crippen LogP contribution < -0.4 is 0 Å². The lowest BCUT2D eigenvalue weighted by Crippen LogP contribution is -1.90. The topological polar surface area (TPSA) is 58.3 Å². The molecule has 4 heteroatoms. The number of benzene rings is 1. The van der Waals surface area contributed by atoms with Crippen LogP contribution >= 0.6 is 0 Å². The number of phenols is 1. The van der Waals surface area contributed by atoms with Crippen molar-refractivity contribution in [1.29, 1.82) is 0 Å². The zero-order chi connectivity index (χ0) is 10.8. The van der Waals surface area contributed by atoms with Crippen LogP contribution in [0, 0.1) is 0 Å². The maximum absolute atomic E-state index is 9.67. The van der Waals surface area contributed by atoms with Crippen molar-refractivity contribution in [2.45, 2.75) is 6.61 Å². The molecule has 0 aliphatic rings. The second-order valence-corrected chi connectivity index (χ2v) is 3.34. The van der Waals surface area contributed by atoms with Crippen LogP contribution in [0.25, 0.3) is 11.1 Å². The minimum absolute atomic E-state index is 0.134. The van der Waals surface area contributed by atoms with Crippen LogP contribution in [0.15, 0.2) is 30.5 Å². The van der Waals surface area contributed by atoms with E-state index in [-0.39, 0.29) is 12.4 Å². The van der Waals surface area contributed by atoms with Gasteiger partial charge in [0, 0.05) is 24.4 Å². The normalized spacial score (nSPS) is 10.5. The molecule has 0 atom stereocenters. The van der Waals surface area contributed by atoms with E-state index in [0.29, 0.717) is 11.3 Å². The Balaban J connectivity index is 2.58. The fraction of sp³-hybridized carbons (Fsp3) is 0.182. The van der Waals surface area contributed by atoms with E-state index in [0.717, 1.165) is 5.56 Å². The molecular formula is C11H12N2O2. The van der Waals surface area contributed by atoms with E-state index in [1.54, 1.807) is 36.1 Å². The zero-order valence-corrected chi connectivity index (χ0v) is 8.38. The van der Waals surface area contributed by atoms with Gasteiger partial charge in [-0.15, -0.1) is 0 Å². The average molecular weight is 204 g/mol. The van der Waals surface area contributed by atoms with Crippen LogP contribution in [0.3, 0.4) is 0 Å². The molecule has 0 saturated carbocycles. The summed E-state index contributed by atoms with van der Waals surface area (Å²) in [5.74, 6) is 0.195. The summed E-state index contributed by atoms with van der Waals surface area (Å²) in [6.07, 6.45) is 1.78. The van der Waals surface area contributed by atoms with Gasteiger partial charge in [0.25, 0.3) is 0 Å². The fourth-order valence-corrected chi connectivity index (χ4v) is 1.58. The lowest BCUT2D eigenvalue weighted by molar-refractivity contribution is 0.276. The van der Waals surface area contributed by atoms with E-state index in [9.17, 15) is 5.11 Å². The SMILES string of the molecule is Cn1cc(-c2ccccc2O)c(CO)n1. The molecule has 0 bridgehead atoms. The molecule has 0 aliphatic heterocycles. The van der Waals surface area contributed by atoms with Crippen molar-refractivity contribution >= 4 is 0 Å². The van der Waals surface area contributed by atoms with E-state index in [2.05, 4.69) is 5.10 Å². The summed E-state index contributed by atoms with van der Waals surface area (Å²) in [6, 6.07) is 7.01. The summed E-state index contributed by atoms with van der Waals surface area (Å²) in [4.78, 5) is 0. The van der Waals surface area contributed by atoms with Crippen LogP contribution in [-0.4, -0.2) is 20.0 Å². The van der Waals surface area contributed by atoms with Crippen molar-refractivity contribution in [1.82, 2.24) is 9.78 Å². The third-order valence-corrected chi connectivity index (χ3v) is 2.25. The van der Waals surface area contributed by atoms with E-state index < -0.39 is 0 Å². The Kier molecular flexibility index (Phi) is 2.43. The molecule has 4 nitrogen and oxygen atoms in total. The molecule has 2 rings (SSSR count). The lowest BCUT2D eigenvalue weighted by Gasteiger charge is -2.02. The van der Waals surface area contributed by atoms with E-state index in [4.69, 9.17) is 5.11 Å². The number of para-hydroxylation sites is 1. The Bertz CT molecular complexity index is 477. The van der Waals surface area contributed by atoms with Crippen LogP contribution in [0.2, 0.25) is 0 Å². The van der Waals surface area contributed by atoms with Crippen LogP contribution in [0.4, 0.5) is 0 Å². The number of hydrogen-bond acceptors (Lipinski definition) is 3. The fourth-order valence-electron chi connectivity index (χ4n) is 1.58. The van der Waals surface area contributed by atoms with Crippen molar-refractivity contribution in [2.24, 2.45) is 7.05 Å². The van der Waals surface area contributed by atoms with Gasteiger partial charge in [0.15, 0.2) is 0 Å². The van der Waals surface area contributed by atoms with Gasteiger partial charge < -0.3 is 10.2 Å². The average Bonchev–Trinajstić information content (AvgIpc) is 2.60. The Labute approximate surface area is 87.4 Å². The van der Waals surface area contributed by atoms with E-state index in [1.165, 1.54) is 0 Å². The predicted molar refractivity (Wildman–Crippen MR) is 56.2 cm³/mol. The lowest BCUT2D eigenvalue weighted by atomic mass is 10.1. The largest absolute Gasteiger partial charge is 0.507 e. The van der Waals surface area contributed by atoms with Crippen LogP contribution in [0.5, 0.6) is 5.75 Å². The first-order chi connectivity index (χ1) is 7.22. The number of aliphatic hydroxyl groups excluding tert-OH is 1. The van der Waals surface area contributed by atoms with Gasteiger partial charge in [0.1, 0.15) is 5.75 Å². The molecule has 0 amide bonds. The molecule has 0 radical (unpaired) electrons. The number of hydrogen-bond donors (Lipinski definition) is 2. The van der Waals surface area contributed by atoms with Crippen molar-refractivity contribution < 1.29 is 10.2 Å². The standard InChI is InChI=1S/C11H12N2O2/c1-13-6-9(10(7-14)12-13)8-4-2-3-5-11(8)15/h2-6,14-15H,7H2,1H3. The smallest absolute Gasteiger partial charge is 0.123 e. The van der Waals surface area contributed by atoms with Crippen LogP contribution in [0.1, 0.15) is 5.69 Å². The Morgan fingerprint density at radius 2 is 2.00 bits per heavy atom. The quantitative estimate of drug-likeness (QED) is 0.774. The minimum Gasteiger partial charge on any atom is -0.507 e. The zero-order valence-electron chi connectivity index (χ0n) is 8.38. The van der Waals surface area contributed by atoms with E-state index >= 15 is 0 Å². The highest BCUT2D eigenvalue weighted by molar-refractivity contribution is 5.71. The second-order valence-electron chi connectivity index (χ2n) is 3.34. The molecule has 15 heavy (non-hydrogen) atoms. The molecule has 0 unspecified atom stereocenters. The highest BCUT2D eigenvalue weighted by Crippen LogP contribution is 2.30. The Morgan fingerprint density at radius 3 is 2.67 bits per heavy atom. The van der Waals surface area contributed by atoms with Gasteiger partial charge in [0.05, 0.1) is 12.3 Å². The molecule has 1 aromatic heterocycles. The summed E-state index contributed by atoms with van der Waals surface area (Å²) in [5, 5.41) is 22.9. The molecule has 0 fully saturated rings. The first kappa shape index (κ1) is 9.73. The minimum atomic E-state index is -0.134. The number of nitrogens with zero attached hydrogens (tertiary/aromatic N) is 2. The number of rotatable bonds is 2. The van der Waals surface area contributed by atoms with Gasteiger partial charge in [0.2, 0.25) is 0 Å². The third kappa shape index (κ3) is 1.71. The summed E-state index contributed by atoms with van der Waals surface area (Å²) in [6.45, 7) is -0.134. The van der Waals surface area contributed by atoms with Gasteiger partial charge in [-0.05, 0) is 6.07 Å². The molecule has 0 spiro atoms. The molecule has 1 heterocycles. The Hall–Kier alpha value is -1.81. The number of aromatic nitrogens is 2. The van der Waals surface area contributed by atoms with Gasteiger partial charge in [-0.2, -0.15) is 5.10 Å². The summed E-state index contributed by atoms with van der Waals surface area (Å²) in [5.41, 5.74) is 2.02. The van der Waals surface area contributed by atoms with Crippen molar-refractivity contribution in [3.8, 4) is 16.9 Å². The number of aliphatic hydroxyl groups is 1. The van der Waals surface area contributed by atoms with Gasteiger partial charge in [-0.1, -0.05) is 18.2 Å². The summed E-state index contributed by atoms with van der Waals surface area (Å²) < 4.78 is 1.62. The maximum atomic E-state index is 9.67. The van der Waals surface area contributed by atoms with Gasteiger partial charge in [-0.3, -0.25) is 4.68 Å². The highest BCUT2D eigenvalue weighted by atomic mass is 16.3. The van der Waals surface area contributed by atoms with Crippen molar-refractivity contribution in [3.63, 3.8) is 0 Å². The number of phenolic OH excluding ortho intramolecular Hbond substituents is 1. The molecule has 0 aliphatic carbocycles. The van der Waals surface area contributed by atoms with Crippen molar-refractivity contribution in [2.75, 3.05) is 0 Å². The molecule has 2 aromatic rings. The number of aromatic hydroxyl groups is 1. The second kappa shape index (κ2) is 3.74. The summed E-state index contributed by atoms with van der Waals surface area (Å²) >= 11 is 0. The maximum Gasteiger partial charge on any atom is 0.123 e. The van der Waals surface area contributed by atoms with Gasteiger partial charge >= 0.3 is 0 Å². The molecule has 0 saturated heterocycles. The van der Waals surface area contributed by atoms with Crippen LogP contribution in [-0.2, 0) is 13.7 Å². The first-order valence-electron chi connectivity index (χ1n) is 4.64. The first-order valence-corrected chi connectivity index (χ1v) is 4.64. The molecule has 78 valence electrons. The van der Waals surface area contributed by atoms with Gasteiger partial charge in [-0.25, -0.2) is 0 Å². The molecular weight excluding hydrogens is 192 g/mol. The summed E-state index contributed by atoms with van der Waals surface area (Å²) in [7, 11) is 1.78.